The highest BCUT2D eigenvalue weighted by Crippen LogP contribution is 2.05. The number of rotatable bonds is 15. The van der Waals surface area contributed by atoms with Crippen LogP contribution in [0.4, 0.5) is 0 Å². The molecule has 0 saturated heterocycles. The Morgan fingerprint density at radius 1 is 0.933 bits per heavy atom. The van der Waals surface area contributed by atoms with Gasteiger partial charge in [0.05, 0.1) is 12.6 Å². The van der Waals surface area contributed by atoms with E-state index in [1.54, 1.807) is 6.26 Å². The third kappa shape index (κ3) is 10.7. The number of carboxylic acids is 2. The summed E-state index contributed by atoms with van der Waals surface area (Å²) >= 11 is 5.23. The standard InChI is InChI=1S/C16H28N4O8S2/c1-30-5-4-10(16(27)28)19-14(25)9(2-3-12(22)23)18-15(26)11(6-21)20-13(24)8(17)7-29/h8-11,21,29H,2-7,17H2,1H3,(H,18,26)(H,19,25)(H,20,24)(H,22,23)(H,27,28). The zero-order valence-electron chi connectivity index (χ0n) is 16.4. The lowest BCUT2D eigenvalue weighted by atomic mass is 10.1. The van der Waals surface area contributed by atoms with E-state index in [0.717, 1.165) is 0 Å². The minimum absolute atomic E-state index is 0.0120. The summed E-state index contributed by atoms with van der Waals surface area (Å²) in [5.74, 6) is -4.68. The predicted molar refractivity (Wildman–Crippen MR) is 112 cm³/mol. The zero-order chi connectivity index (χ0) is 23.3. The quantitative estimate of drug-likeness (QED) is 0.117. The van der Waals surface area contributed by atoms with Crippen molar-refractivity contribution in [2.24, 2.45) is 5.73 Å². The molecule has 12 nitrogen and oxygen atoms in total. The number of thioether (sulfide) groups is 1. The van der Waals surface area contributed by atoms with Crippen LogP contribution < -0.4 is 21.7 Å². The fourth-order valence-corrected chi connectivity index (χ4v) is 2.77. The van der Waals surface area contributed by atoms with E-state index in [0.29, 0.717) is 5.75 Å². The Hall–Kier alpha value is -2.03. The van der Waals surface area contributed by atoms with E-state index < -0.39 is 66.9 Å². The normalized spacial score (nSPS) is 14.7. The van der Waals surface area contributed by atoms with Gasteiger partial charge in [0, 0.05) is 12.2 Å². The highest BCUT2D eigenvalue weighted by Gasteiger charge is 2.30. The molecule has 3 amide bonds. The number of nitrogens with one attached hydrogen (secondary N) is 3. The second-order valence-electron chi connectivity index (χ2n) is 6.21. The van der Waals surface area contributed by atoms with Gasteiger partial charge >= 0.3 is 11.9 Å². The van der Waals surface area contributed by atoms with Crippen LogP contribution in [0.25, 0.3) is 0 Å². The van der Waals surface area contributed by atoms with Crippen LogP contribution in [0.5, 0.6) is 0 Å². The van der Waals surface area contributed by atoms with Crippen molar-refractivity contribution in [2.45, 2.75) is 43.4 Å². The minimum Gasteiger partial charge on any atom is -0.481 e. The lowest BCUT2D eigenvalue weighted by molar-refractivity contribution is -0.143. The summed E-state index contributed by atoms with van der Waals surface area (Å²) in [6.07, 6.45) is 1.07. The van der Waals surface area contributed by atoms with Crippen LogP contribution in [-0.4, -0.2) is 93.5 Å². The average molecular weight is 469 g/mol. The van der Waals surface area contributed by atoms with E-state index in [-0.39, 0.29) is 18.6 Å². The molecular formula is C16H28N4O8S2. The van der Waals surface area contributed by atoms with Gasteiger partial charge in [-0.1, -0.05) is 0 Å². The first-order valence-electron chi connectivity index (χ1n) is 8.89. The fourth-order valence-electron chi connectivity index (χ4n) is 2.13. The van der Waals surface area contributed by atoms with Gasteiger partial charge < -0.3 is 37.0 Å². The van der Waals surface area contributed by atoms with E-state index in [9.17, 15) is 34.2 Å². The van der Waals surface area contributed by atoms with Crippen LogP contribution in [0, 0.1) is 0 Å². The number of amides is 3. The maximum atomic E-state index is 12.5. The first-order valence-corrected chi connectivity index (χ1v) is 10.9. The number of aliphatic hydroxyl groups excluding tert-OH is 1. The molecule has 0 aromatic carbocycles. The second-order valence-corrected chi connectivity index (χ2v) is 7.56. The Morgan fingerprint density at radius 3 is 1.93 bits per heavy atom. The van der Waals surface area contributed by atoms with Crippen molar-refractivity contribution in [1.82, 2.24) is 16.0 Å². The van der Waals surface area contributed by atoms with Crippen molar-refractivity contribution in [1.29, 1.82) is 0 Å². The third-order valence-electron chi connectivity index (χ3n) is 3.85. The fraction of sp³-hybridized carbons (Fsp3) is 0.688. The van der Waals surface area contributed by atoms with Gasteiger partial charge in [-0.3, -0.25) is 19.2 Å². The molecule has 0 rings (SSSR count). The molecule has 30 heavy (non-hydrogen) atoms. The summed E-state index contributed by atoms with van der Waals surface area (Å²) in [5, 5.41) is 34.2. The summed E-state index contributed by atoms with van der Waals surface area (Å²) in [4.78, 5) is 58.9. The van der Waals surface area contributed by atoms with Gasteiger partial charge in [-0.25, -0.2) is 4.79 Å². The van der Waals surface area contributed by atoms with Gasteiger partial charge in [0.25, 0.3) is 0 Å². The molecule has 0 aromatic rings. The Labute approximate surface area is 183 Å². The number of carboxylic acid groups (broad SMARTS) is 2. The Balaban J connectivity index is 5.27. The van der Waals surface area contributed by atoms with Crippen molar-refractivity contribution in [3.05, 3.63) is 0 Å². The topological polar surface area (TPSA) is 208 Å². The molecular weight excluding hydrogens is 440 g/mol. The molecule has 0 aliphatic carbocycles. The number of carbonyl (C=O) groups is 5. The highest BCUT2D eigenvalue weighted by atomic mass is 32.2. The molecule has 0 aliphatic rings. The first kappa shape index (κ1) is 28.0. The molecule has 4 unspecified atom stereocenters. The summed E-state index contributed by atoms with van der Waals surface area (Å²) < 4.78 is 0. The summed E-state index contributed by atoms with van der Waals surface area (Å²) in [7, 11) is 0. The van der Waals surface area contributed by atoms with Gasteiger partial charge in [0.1, 0.15) is 18.1 Å². The SMILES string of the molecule is CSCCC(NC(=O)C(CCC(=O)O)NC(=O)C(CO)NC(=O)C(N)CS)C(=O)O. The monoisotopic (exact) mass is 468 g/mol. The lowest BCUT2D eigenvalue weighted by Crippen LogP contribution is -2.58. The van der Waals surface area contributed by atoms with Crippen LogP contribution in [-0.2, 0) is 24.0 Å². The zero-order valence-corrected chi connectivity index (χ0v) is 18.1. The van der Waals surface area contributed by atoms with Crippen molar-refractivity contribution in [3.8, 4) is 0 Å². The number of nitrogens with two attached hydrogens (primary N) is 1. The first-order chi connectivity index (χ1) is 14.1. The van der Waals surface area contributed by atoms with Gasteiger partial charge in [0.2, 0.25) is 17.7 Å². The summed E-state index contributed by atoms with van der Waals surface area (Å²) in [5.41, 5.74) is 5.48. The Kier molecular flexibility index (Phi) is 13.9. The molecule has 0 radical (unpaired) electrons. The number of carbonyl (C=O) groups excluding carboxylic acids is 3. The highest BCUT2D eigenvalue weighted by molar-refractivity contribution is 7.98. The van der Waals surface area contributed by atoms with Gasteiger partial charge in [-0.05, 0) is 24.9 Å². The van der Waals surface area contributed by atoms with Gasteiger partial charge in [-0.2, -0.15) is 24.4 Å². The largest absolute Gasteiger partial charge is 0.481 e. The molecule has 0 saturated carbocycles. The maximum absolute atomic E-state index is 12.5. The number of aliphatic hydroxyl groups is 1. The van der Waals surface area contributed by atoms with Crippen molar-refractivity contribution in [2.75, 3.05) is 24.4 Å². The minimum atomic E-state index is -1.45. The number of hydrogen-bond donors (Lipinski definition) is 8. The van der Waals surface area contributed by atoms with Crippen LogP contribution in [0.1, 0.15) is 19.3 Å². The Morgan fingerprint density at radius 2 is 1.47 bits per heavy atom. The van der Waals surface area contributed by atoms with E-state index in [1.807, 2.05) is 0 Å². The molecule has 0 heterocycles. The Bertz CT molecular complexity index is 622. The van der Waals surface area contributed by atoms with Crippen LogP contribution in [0.2, 0.25) is 0 Å². The van der Waals surface area contributed by atoms with E-state index in [1.165, 1.54) is 11.8 Å². The molecule has 172 valence electrons. The van der Waals surface area contributed by atoms with Crippen LogP contribution in [0.3, 0.4) is 0 Å². The summed E-state index contributed by atoms with van der Waals surface area (Å²) in [6, 6.07) is -5.10. The average Bonchev–Trinajstić information content (AvgIpc) is 2.70. The van der Waals surface area contributed by atoms with Gasteiger partial charge in [0.15, 0.2) is 0 Å². The maximum Gasteiger partial charge on any atom is 0.326 e. The smallest absolute Gasteiger partial charge is 0.326 e. The molecule has 0 aromatic heterocycles. The number of hydrogen-bond acceptors (Lipinski definition) is 9. The van der Waals surface area contributed by atoms with E-state index in [4.69, 9.17) is 10.8 Å². The summed E-state index contributed by atoms with van der Waals surface area (Å²) in [6.45, 7) is -0.810. The molecule has 0 bridgehead atoms. The van der Waals surface area contributed by atoms with Gasteiger partial charge in [-0.15, -0.1) is 0 Å². The molecule has 8 N–H and O–H groups in total. The lowest BCUT2D eigenvalue weighted by Gasteiger charge is -2.24. The van der Waals surface area contributed by atoms with Crippen molar-refractivity contribution >= 4 is 54.1 Å². The molecule has 0 aliphatic heterocycles. The van der Waals surface area contributed by atoms with Crippen LogP contribution in [0.15, 0.2) is 0 Å². The molecule has 4 atom stereocenters. The predicted octanol–water partition coefficient (Wildman–Crippen LogP) is -2.61. The van der Waals surface area contributed by atoms with Crippen molar-refractivity contribution in [3.63, 3.8) is 0 Å². The van der Waals surface area contributed by atoms with E-state index in [2.05, 4.69) is 28.6 Å². The number of aliphatic carboxylic acids is 2. The van der Waals surface area contributed by atoms with Crippen LogP contribution >= 0.6 is 24.4 Å². The second kappa shape index (κ2) is 14.9. The van der Waals surface area contributed by atoms with Crippen molar-refractivity contribution < 1.29 is 39.3 Å². The molecule has 0 spiro atoms. The third-order valence-corrected chi connectivity index (χ3v) is 4.89. The number of thiol groups is 1. The van der Waals surface area contributed by atoms with E-state index >= 15 is 0 Å². The molecule has 0 fully saturated rings. The molecule has 14 heteroatoms.